The van der Waals surface area contributed by atoms with E-state index in [1.165, 1.54) is 19.2 Å². The molecular formula is C13H17FN2O3. The maximum Gasteiger partial charge on any atom is 0.319 e. The highest BCUT2D eigenvalue weighted by Gasteiger charge is 2.34. The zero-order valence-corrected chi connectivity index (χ0v) is 10.7. The number of methoxy groups -OCH3 is 1. The minimum Gasteiger partial charge on any atom is -0.494 e. The van der Waals surface area contributed by atoms with E-state index >= 15 is 0 Å². The summed E-state index contributed by atoms with van der Waals surface area (Å²) in [5, 5.41) is 14.9. The van der Waals surface area contributed by atoms with Crippen molar-refractivity contribution >= 4 is 11.7 Å². The van der Waals surface area contributed by atoms with Gasteiger partial charge in [-0.3, -0.25) is 0 Å². The second-order valence-electron chi connectivity index (χ2n) is 4.73. The second-order valence-corrected chi connectivity index (χ2v) is 4.73. The number of nitrogens with one attached hydrogen (secondary N) is 2. The number of urea groups is 1. The number of benzene rings is 1. The van der Waals surface area contributed by atoms with E-state index in [-0.39, 0.29) is 12.3 Å². The molecule has 5 nitrogen and oxygen atoms in total. The Hall–Kier alpha value is -1.82. The number of aliphatic hydroxyl groups is 1. The summed E-state index contributed by atoms with van der Waals surface area (Å²) in [6.45, 7) is 0.206. The summed E-state index contributed by atoms with van der Waals surface area (Å²) >= 11 is 0. The number of hydrogen-bond donors (Lipinski definition) is 3. The maximum absolute atomic E-state index is 13.4. The lowest BCUT2D eigenvalue weighted by Crippen LogP contribution is -2.48. The van der Waals surface area contributed by atoms with Gasteiger partial charge in [0.2, 0.25) is 0 Å². The Morgan fingerprint density at radius 2 is 2.26 bits per heavy atom. The van der Waals surface area contributed by atoms with Crippen LogP contribution in [0.5, 0.6) is 5.75 Å². The largest absolute Gasteiger partial charge is 0.494 e. The summed E-state index contributed by atoms with van der Waals surface area (Å²) in [6, 6.07) is 3.69. The lowest BCUT2D eigenvalue weighted by Gasteiger charge is -2.36. The normalized spacial score (nSPS) is 16.4. The molecule has 6 heteroatoms. The maximum atomic E-state index is 13.4. The van der Waals surface area contributed by atoms with Crippen LogP contribution < -0.4 is 15.4 Å². The Morgan fingerprint density at radius 3 is 2.79 bits per heavy atom. The molecule has 0 bridgehead atoms. The van der Waals surface area contributed by atoms with E-state index < -0.39 is 17.4 Å². The van der Waals surface area contributed by atoms with Crippen LogP contribution in [0, 0.1) is 5.82 Å². The molecule has 1 saturated carbocycles. The van der Waals surface area contributed by atoms with Crippen LogP contribution in [-0.2, 0) is 0 Å². The molecule has 0 aliphatic heterocycles. The van der Waals surface area contributed by atoms with E-state index in [9.17, 15) is 14.3 Å². The summed E-state index contributed by atoms with van der Waals surface area (Å²) in [5.41, 5.74) is -0.445. The van der Waals surface area contributed by atoms with Gasteiger partial charge in [0.25, 0.3) is 0 Å². The van der Waals surface area contributed by atoms with Crippen molar-refractivity contribution in [1.29, 1.82) is 0 Å². The van der Waals surface area contributed by atoms with Crippen LogP contribution in [0.3, 0.4) is 0 Å². The van der Waals surface area contributed by atoms with E-state index in [4.69, 9.17) is 4.74 Å². The Balaban J connectivity index is 1.86. The molecule has 0 atom stereocenters. The van der Waals surface area contributed by atoms with Crippen LogP contribution in [0.4, 0.5) is 14.9 Å². The van der Waals surface area contributed by atoms with E-state index in [0.717, 1.165) is 6.42 Å². The van der Waals surface area contributed by atoms with Crippen LogP contribution >= 0.6 is 0 Å². The van der Waals surface area contributed by atoms with Gasteiger partial charge in [-0.2, -0.15) is 0 Å². The SMILES string of the molecule is COc1ccc(NC(=O)NCC2(O)CCC2)cc1F. The summed E-state index contributed by atoms with van der Waals surface area (Å²) in [4.78, 5) is 11.6. The molecule has 0 aromatic heterocycles. The Morgan fingerprint density at radius 1 is 1.53 bits per heavy atom. The highest BCUT2D eigenvalue weighted by molar-refractivity contribution is 5.89. The van der Waals surface area contributed by atoms with Gasteiger partial charge >= 0.3 is 6.03 Å². The van der Waals surface area contributed by atoms with Crippen LogP contribution in [0.15, 0.2) is 18.2 Å². The third-order valence-electron chi connectivity index (χ3n) is 3.27. The first kappa shape index (κ1) is 13.6. The van der Waals surface area contributed by atoms with Gasteiger partial charge < -0.3 is 20.5 Å². The van der Waals surface area contributed by atoms with Gasteiger partial charge in [-0.25, -0.2) is 9.18 Å². The first-order valence-electron chi connectivity index (χ1n) is 6.13. The molecule has 0 spiro atoms. The molecule has 0 heterocycles. The smallest absolute Gasteiger partial charge is 0.319 e. The third kappa shape index (κ3) is 3.35. The molecule has 3 N–H and O–H groups in total. The summed E-state index contributed by atoms with van der Waals surface area (Å²) in [6.07, 6.45) is 2.37. The Labute approximate surface area is 110 Å². The highest BCUT2D eigenvalue weighted by Crippen LogP contribution is 2.30. The van der Waals surface area contributed by atoms with Crippen molar-refractivity contribution in [2.75, 3.05) is 19.0 Å². The molecule has 2 rings (SSSR count). The van der Waals surface area contributed by atoms with E-state index in [1.54, 1.807) is 6.07 Å². The minimum atomic E-state index is -0.775. The minimum absolute atomic E-state index is 0.120. The van der Waals surface area contributed by atoms with Crippen molar-refractivity contribution in [3.05, 3.63) is 24.0 Å². The molecule has 0 saturated heterocycles. The first-order valence-corrected chi connectivity index (χ1v) is 6.13. The number of halogens is 1. The summed E-state index contributed by atoms with van der Waals surface area (Å²) in [5.74, 6) is -0.423. The van der Waals surface area contributed by atoms with Crippen LogP contribution in [-0.4, -0.2) is 30.4 Å². The van der Waals surface area contributed by atoms with Crippen molar-refractivity contribution in [2.45, 2.75) is 24.9 Å². The number of carbonyl (C=O) groups is 1. The number of anilines is 1. The second kappa shape index (κ2) is 5.44. The van der Waals surface area contributed by atoms with Gasteiger partial charge in [-0.1, -0.05) is 0 Å². The predicted molar refractivity (Wildman–Crippen MR) is 68.8 cm³/mol. The predicted octanol–water partition coefficient (Wildman–Crippen LogP) is 1.87. The van der Waals surface area contributed by atoms with Gasteiger partial charge in [0.15, 0.2) is 11.6 Å². The molecule has 1 aromatic carbocycles. The van der Waals surface area contributed by atoms with Crippen LogP contribution in [0.2, 0.25) is 0 Å². The summed E-state index contributed by atoms with van der Waals surface area (Å²) in [7, 11) is 1.37. The van der Waals surface area contributed by atoms with Crippen molar-refractivity contribution < 1.29 is 19.0 Å². The van der Waals surface area contributed by atoms with E-state index in [1.807, 2.05) is 0 Å². The van der Waals surface area contributed by atoms with Gasteiger partial charge in [-0.05, 0) is 31.4 Å². The number of hydrogen-bond acceptors (Lipinski definition) is 3. The van der Waals surface area contributed by atoms with Gasteiger partial charge in [-0.15, -0.1) is 0 Å². The number of ether oxygens (including phenoxy) is 1. The van der Waals surface area contributed by atoms with Crippen molar-refractivity contribution in [2.24, 2.45) is 0 Å². The number of rotatable bonds is 4. The molecule has 1 fully saturated rings. The van der Waals surface area contributed by atoms with Gasteiger partial charge in [0.05, 0.1) is 12.7 Å². The lowest BCUT2D eigenvalue weighted by molar-refractivity contribution is -0.0287. The Kier molecular flexibility index (Phi) is 3.90. The van der Waals surface area contributed by atoms with Gasteiger partial charge in [0.1, 0.15) is 0 Å². The molecule has 2 amide bonds. The molecule has 1 aliphatic carbocycles. The van der Waals surface area contributed by atoms with E-state index in [2.05, 4.69) is 10.6 Å². The molecule has 1 aromatic rings. The standard InChI is InChI=1S/C13H17FN2O3/c1-19-11-4-3-9(7-10(11)14)16-12(17)15-8-13(18)5-2-6-13/h3-4,7,18H,2,5-6,8H2,1H3,(H2,15,16,17). The highest BCUT2D eigenvalue weighted by atomic mass is 19.1. The average molecular weight is 268 g/mol. The molecule has 104 valence electrons. The molecular weight excluding hydrogens is 251 g/mol. The van der Waals surface area contributed by atoms with Crippen molar-refractivity contribution in [3.63, 3.8) is 0 Å². The van der Waals surface area contributed by atoms with Crippen molar-refractivity contribution in [3.8, 4) is 5.75 Å². The van der Waals surface area contributed by atoms with Crippen LogP contribution in [0.25, 0.3) is 0 Å². The fourth-order valence-electron chi connectivity index (χ4n) is 1.93. The fourth-order valence-corrected chi connectivity index (χ4v) is 1.93. The van der Waals surface area contributed by atoms with Crippen LogP contribution in [0.1, 0.15) is 19.3 Å². The topological polar surface area (TPSA) is 70.6 Å². The number of carbonyl (C=O) groups excluding carboxylic acids is 1. The van der Waals surface area contributed by atoms with Gasteiger partial charge in [0, 0.05) is 18.3 Å². The zero-order chi connectivity index (χ0) is 13.9. The Bertz CT molecular complexity index is 475. The average Bonchev–Trinajstić information content (AvgIpc) is 2.34. The molecule has 0 unspecified atom stereocenters. The fraction of sp³-hybridized carbons (Fsp3) is 0.462. The monoisotopic (exact) mass is 268 g/mol. The summed E-state index contributed by atoms with van der Waals surface area (Å²) < 4.78 is 18.2. The zero-order valence-electron chi connectivity index (χ0n) is 10.7. The van der Waals surface area contributed by atoms with Crippen molar-refractivity contribution in [1.82, 2.24) is 5.32 Å². The molecule has 0 radical (unpaired) electrons. The first-order chi connectivity index (χ1) is 9.02. The lowest BCUT2D eigenvalue weighted by atomic mass is 9.80. The quantitative estimate of drug-likeness (QED) is 0.780. The number of amides is 2. The molecule has 19 heavy (non-hydrogen) atoms. The van der Waals surface area contributed by atoms with E-state index in [0.29, 0.717) is 18.5 Å². The third-order valence-corrected chi connectivity index (χ3v) is 3.27. The molecule has 1 aliphatic rings.